The molecular formula is C20H19N5O4. The van der Waals surface area contributed by atoms with Gasteiger partial charge in [-0.25, -0.2) is 4.68 Å². The van der Waals surface area contributed by atoms with Crippen LogP contribution in [0.15, 0.2) is 54.9 Å². The van der Waals surface area contributed by atoms with Gasteiger partial charge in [0.05, 0.1) is 19.6 Å². The smallest absolute Gasteiger partial charge is 0.262 e. The molecule has 9 heteroatoms. The zero-order chi connectivity index (χ0) is 20.2. The molecule has 1 aliphatic heterocycles. The van der Waals surface area contributed by atoms with E-state index >= 15 is 0 Å². The first-order valence-corrected chi connectivity index (χ1v) is 8.99. The predicted molar refractivity (Wildman–Crippen MR) is 105 cm³/mol. The molecule has 0 fully saturated rings. The molecule has 0 bridgehead atoms. The van der Waals surface area contributed by atoms with Crippen molar-refractivity contribution in [3.63, 3.8) is 0 Å². The van der Waals surface area contributed by atoms with Gasteiger partial charge in [0.2, 0.25) is 11.9 Å². The number of hydrogen-bond acceptors (Lipinski definition) is 6. The van der Waals surface area contributed by atoms with Crippen LogP contribution in [0.3, 0.4) is 0 Å². The van der Waals surface area contributed by atoms with E-state index in [0.717, 1.165) is 5.56 Å². The van der Waals surface area contributed by atoms with Gasteiger partial charge < -0.3 is 14.8 Å². The van der Waals surface area contributed by atoms with Gasteiger partial charge >= 0.3 is 0 Å². The molecule has 0 radical (unpaired) electrons. The number of carbonyl (C=O) groups excluding carboxylic acids is 2. The van der Waals surface area contributed by atoms with Crippen LogP contribution in [0, 0.1) is 0 Å². The first kappa shape index (κ1) is 18.5. The lowest BCUT2D eigenvalue weighted by atomic mass is 10.0. The lowest BCUT2D eigenvalue weighted by Crippen LogP contribution is -2.29. The quantitative estimate of drug-likeness (QED) is 0.665. The van der Waals surface area contributed by atoms with Crippen LogP contribution in [0.2, 0.25) is 0 Å². The minimum Gasteiger partial charge on any atom is -0.493 e. The Labute approximate surface area is 166 Å². The molecule has 0 unspecified atom stereocenters. The van der Waals surface area contributed by atoms with E-state index in [9.17, 15) is 9.59 Å². The van der Waals surface area contributed by atoms with E-state index in [4.69, 9.17) is 9.47 Å². The van der Waals surface area contributed by atoms with Crippen LogP contribution in [0.25, 0.3) is 0 Å². The average Bonchev–Trinajstić information content (AvgIpc) is 3.20. The molecule has 2 aromatic carbocycles. The lowest BCUT2D eigenvalue weighted by molar-refractivity contribution is -0.118. The Bertz CT molecular complexity index is 1030. The summed E-state index contributed by atoms with van der Waals surface area (Å²) in [6, 6.07) is 14.2. The van der Waals surface area contributed by atoms with Crippen LogP contribution in [-0.4, -0.2) is 40.3 Å². The third kappa shape index (κ3) is 4.03. The van der Waals surface area contributed by atoms with Crippen molar-refractivity contribution in [2.45, 2.75) is 12.5 Å². The molecule has 2 N–H and O–H groups in total. The summed E-state index contributed by atoms with van der Waals surface area (Å²) in [6.07, 6.45) is 1.63. The molecule has 0 aliphatic carbocycles. The third-order valence-electron chi connectivity index (χ3n) is 4.49. The number of para-hydroxylation sites is 1. The molecule has 0 saturated heterocycles. The molecule has 3 aromatic rings. The number of nitrogens with one attached hydrogen (secondary N) is 2. The van der Waals surface area contributed by atoms with Gasteiger partial charge in [-0.05, 0) is 29.8 Å². The first-order valence-electron chi connectivity index (χ1n) is 8.99. The predicted octanol–water partition coefficient (Wildman–Crippen LogP) is 2.24. The molecule has 1 aromatic heterocycles. The fraction of sp³-hybridized carbons (Fsp3) is 0.200. The highest BCUT2D eigenvalue weighted by Crippen LogP contribution is 2.34. The van der Waals surface area contributed by atoms with Crippen molar-refractivity contribution in [1.29, 1.82) is 0 Å². The fourth-order valence-electron chi connectivity index (χ4n) is 3.14. The molecule has 1 aliphatic rings. The monoisotopic (exact) mass is 393 g/mol. The maximum absolute atomic E-state index is 12.1. The Morgan fingerprint density at radius 2 is 2.07 bits per heavy atom. The number of amides is 2. The van der Waals surface area contributed by atoms with E-state index in [1.54, 1.807) is 28.9 Å². The topological polar surface area (TPSA) is 107 Å². The molecule has 1 atom stereocenters. The molecule has 0 saturated carbocycles. The number of aromatic nitrogens is 3. The van der Waals surface area contributed by atoms with Crippen LogP contribution in [0.1, 0.15) is 18.0 Å². The number of fused-ring (bicyclic) bond motifs is 1. The van der Waals surface area contributed by atoms with Gasteiger partial charge in [-0.3, -0.25) is 14.9 Å². The SMILES string of the molecule is COc1cc([C@@H]2CC(=O)Nc3ncnn32)ccc1OCC(=O)Nc1ccccc1. The Hall–Kier alpha value is -3.88. The molecule has 148 valence electrons. The molecule has 4 rings (SSSR count). The van der Waals surface area contributed by atoms with Crippen LogP contribution in [-0.2, 0) is 9.59 Å². The van der Waals surface area contributed by atoms with E-state index < -0.39 is 0 Å². The molecular weight excluding hydrogens is 374 g/mol. The van der Waals surface area contributed by atoms with Gasteiger partial charge in [0.1, 0.15) is 6.33 Å². The summed E-state index contributed by atoms with van der Waals surface area (Å²) in [5.74, 6) is 0.884. The number of methoxy groups -OCH3 is 1. The highest BCUT2D eigenvalue weighted by Gasteiger charge is 2.28. The Balaban J connectivity index is 1.48. The molecule has 29 heavy (non-hydrogen) atoms. The number of benzene rings is 2. The summed E-state index contributed by atoms with van der Waals surface area (Å²) in [6.45, 7) is -0.163. The van der Waals surface area contributed by atoms with Crippen molar-refractivity contribution in [1.82, 2.24) is 14.8 Å². The van der Waals surface area contributed by atoms with Gasteiger partial charge in [-0.2, -0.15) is 10.1 Å². The zero-order valence-electron chi connectivity index (χ0n) is 15.7. The molecule has 0 spiro atoms. The normalized spacial score (nSPS) is 15.2. The highest BCUT2D eigenvalue weighted by atomic mass is 16.5. The summed E-state index contributed by atoms with van der Waals surface area (Å²) in [5.41, 5.74) is 1.52. The van der Waals surface area contributed by atoms with Crippen molar-refractivity contribution in [2.24, 2.45) is 0 Å². The second kappa shape index (κ2) is 8.01. The molecule has 2 amide bonds. The first-order chi connectivity index (χ1) is 14.1. The van der Waals surface area contributed by atoms with E-state index in [0.29, 0.717) is 23.1 Å². The number of anilines is 2. The Morgan fingerprint density at radius 3 is 2.86 bits per heavy atom. The fourth-order valence-corrected chi connectivity index (χ4v) is 3.14. The largest absolute Gasteiger partial charge is 0.493 e. The van der Waals surface area contributed by atoms with Crippen molar-refractivity contribution >= 4 is 23.5 Å². The van der Waals surface area contributed by atoms with Crippen LogP contribution in [0.5, 0.6) is 11.5 Å². The van der Waals surface area contributed by atoms with E-state index in [2.05, 4.69) is 20.7 Å². The summed E-state index contributed by atoms with van der Waals surface area (Å²) >= 11 is 0. The third-order valence-corrected chi connectivity index (χ3v) is 4.49. The van der Waals surface area contributed by atoms with Gasteiger partial charge in [0.15, 0.2) is 18.1 Å². The number of ether oxygens (including phenoxy) is 2. The highest BCUT2D eigenvalue weighted by molar-refractivity contribution is 5.92. The Kier molecular flexibility index (Phi) is 5.10. The van der Waals surface area contributed by atoms with Crippen molar-refractivity contribution < 1.29 is 19.1 Å². The minimum atomic E-state index is -0.300. The number of rotatable bonds is 6. The zero-order valence-corrected chi connectivity index (χ0v) is 15.7. The van der Waals surface area contributed by atoms with Gasteiger partial charge in [-0.15, -0.1) is 0 Å². The Morgan fingerprint density at radius 1 is 1.24 bits per heavy atom. The van der Waals surface area contributed by atoms with Crippen molar-refractivity contribution in [3.05, 3.63) is 60.4 Å². The second-order valence-corrected chi connectivity index (χ2v) is 6.41. The van der Waals surface area contributed by atoms with Crippen molar-refractivity contribution in [2.75, 3.05) is 24.4 Å². The summed E-state index contributed by atoms with van der Waals surface area (Å²) in [5, 5.41) is 9.63. The number of nitrogens with zero attached hydrogens (tertiary/aromatic N) is 3. The summed E-state index contributed by atoms with van der Waals surface area (Å²) in [4.78, 5) is 28.1. The molecule has 9 nitrogen and oxygen atoms in total. The standard InChI is InChI=1S/C20H19N5O4/c1-28-17-9-13(15-10-18(26)24-20-21-12-22-25(15)20)7-8-16(17)29-11-19(27)23-14-5-3-2-4-6-14/h2-9,12,15H,10-11H2,1H3,(H,23,27)(H,21,22,24,26)/t15-/m0/s1. The maximum atomic E-state index is 12.1. The molecule has 2 heterocycles. The maximum Gasteiger partial charge on any atom is 0.262 e. The number of carbonyl (C=O) groups is 2. The summed E-state index contributed by atoms with van der Waals surface area (Å²) < 4.78 is 12.7. The second-order valence-electron chi connectivity index (χ2n) is 6.41. The minimum absolute atomic E-state index is 0.132. The van der Waals surface area contributed by atoms with E-state index in [1.165, 1.54) is 13.4 Å². The van der Waals surface area contributed by atoms with Gasteiger partial charge in [0.25, 0.3) is 5.91 Å². The van der Waals surface area contributed by atoms with Crippen LogP contribution < -0.4 is 20.1 Å². The summed E-state index contributed by atoms with van der Waals surface area (Å²) in [7, 11) is 1.52. The van der Waals surface area contributed by atoms with Crippen LogP contribution >= 0.6 is 0 Å². The van der Waals surface area contributed by atoms with Crippen molar-refractivity contribution in [3.8, 4) is 11.5 Å². The van der Waals surface area contributed by atoms with Gasteiger partial charge in [0, 0.05) is 5.69 Å². The van der Waals surface area contributed by atoms with Gasteiger partial charge in [-0.1, -0.05) is 24.3 Å². The lowest BCUT2D eigenvalue weighted by Gasteiger charge is -2.24. The van der Waals surface area contributed by atoms with E-state index in [1.807, 2.05) is 24.3 Å². The van der Waals surface area contributed by atoms with Crippen LogP contribution in [0.4, 0.5) is 11.6 Å². The average molecular weight is 393 g/mol. The van der Waals surface area contributed by atoms with E-state index in [-0.39, 0.29) is 30.9 Å². The number of hydrogen-bond donors (Lipinski definition) is 2.